The lowest BCUT2D eigenvalue weighted by atomic mass is 10.1. The number of hydrogen-bond donors (Lipinski definition) is 0. The summed E-state index contributed by atoms with van der Waals surface area (Å²) in [7, 11) is 0. The zero-order chi connectivity index (χ0) is 17.1. The van der Waals surface area contributed by atoms with Gasteiger partial charge in [0.25, 0.3) is 0 Å². The Hall–Kier alpha value is -2.24. The van der Waals surface area contributed by atoms with E-state index in [9.17, 15) is 4.79 Å². The minimum absolute atomic E-state index is 0.0701. The van der Waals surface area contributed by atoms with Crippen LogP contribution in [0.1, 0.15) is 18.4 Å². The lowest BCUT2D eigenvalue weighted by molar-refractivity contribution is -0.118. The van der Waals surface area contributed by atoms with Crippen LogP contribution in [0.4, 0.5) is 5.13 Å². The number of nitrogens with zero attached hydrogens (tertiary/aromatic N) is 2. The third-order valence-electron chi connectivity index (χ3n) is 4.42. The molecule has 3 aromatic rings. The first kappa shape index (κ1) is 16.2. The topological polar surface area (TPSA) is 42.4 Å². The van der Waals surface area contributed by atoms with Crippen molar-refractivity contribution in [3.8, 4) is 0 Å². The molecule has 0 aliphatic carbocycles. The van der Waals surface area contributed by atoms with Crippen molar-refractivity contribution in [2.45, 2.75) is 25.4 Å². The number of carbonyl (C=O) groups excluding carboxylic acids is 1. The predicted molar refractivity (Wildman–Crippen MR) is 101 cm³/mol. The Morgan fingerprint density at radius 1 is 1.16 bits per heavy atom. The molecule has 1 fully saturated rings. The molecule has 0 unspecified atom stereocenters. The van der Waals surface area contributed by atoms with Gasteiger partial charge in [0, 0.05) is 6.61 Å². The summed E-state index contributed by atoms with van der Waals surface area (Å²) < 4.78 is 6.86. The number of thiazole rings is 1. The van der Waals surface area contributed by atoms with E-state index in [1.807, 2.05) is 59.5 Å². The first-order valence-electron chi connectivity index (χ1n) is 8.61. The van der Waals surface area contributed by atoms with Crippen LogP contribution in [0.2, 0.25) is 0 Å². The van der Waals surface area contributed by atoms with Crippen molar-refractivity contribution in [2.24, 2.45) is 0 Å². The van der Waals surface area contributed by atoms with Gasteiger partial charge in [0.15, 0.2) is 5.13 Å². The van der Waals surface area contributed by atoms with Crippen LogP contribution in [0.5, 0.6) is 0 Å². The maximum absolute atomic E-state index is 13.0. The van der Waals surface area contributed by atoms with E-state index >= 15 is 0 Å². The average molecular weight is 352 g/mol. The molecule has 0 N–H and O–H groups in total. The Kier molecular flexibility index (Phi) is 4.76. The lowest BCUT2D eigenvalue weighted by Gasteiger charge is -2.23. The molecule has 0 spiro atoms. The van der Waals surface area contributed by atoms with Gasteiger partial charge >= 0.3 is 0 Å². The van der Waals surface area contributed by atoms with Gasteiger partial charge in [0.05, 0.1) is 29.3 Å². The average Bonchev–Trinajstić information content (AvgIpc) is 3.29. The lowest BCUT2D eigenvalue weighted by Crippen LogP contribution is -2.38. The van der Waals surface area contributed by atoms with Crippen LogP contribution < -0.4 is 4.90 Å². The predicted octanol–water partition coefficient (Wildman–Crippen LogP) is 4.05. The summed E-state index contributed by atoms with van der Waals surface area (Å²) in [5.41, 5.74) is 1.96. The second kappa shape index (κ2) is 7.33. The third kappa shape index (κ3) is 3.72. The van der Waals surface area contributed by atoms with Gasteiger partial charge in [-0.3, -0.25) is 9.69 Å². The van der Waals surface area contributed by atoms with Crippen LogP contribution >= 0.6 is 11.3 Å². The third-order valence-corrected chi connectivity index (χ3v) is 5.48. The number of hydrogen-bond acceptors (Lipinski definition) is 4. The van der Waals surface area contributed by atoms with Crippen molar-refractivity contribution < 1.29 is 9.53 Å². The van der Waals surface area contributed by atoms with E-state index in [4.69, 9.17) is 4.74 Å². The maximum Gasteiger partial charge on any atom is 0.233 e. The van der Waals surface area contributed by atoms with Crippen molar-refractivity contribution in [3.63, 3.8) is 0 Å². The summed E-state index contributed by atoms with van der Waals surface area (Å²) in [6.07, 6.45) is 2.54. The molecule has 0 saturated carbocycles. The second-order valence-corrected chi connectivity index (χ2v) is 7.28. The van der Waals surface area contributed by atoms with Crippen LogP contribution in [0.15, 0.2) is 54.6 Å². The zero-order valence-electron chi connectivity index (χ0n) is 13.9. The number of aromatic nitrogens is 1. The van der Waals surface area contributed by atoms with Crippen molar-refractivity contribution in [1.29, 1.82) is 0 Å². The molecular weight excluding hydrogens is 332 g/mol. The molecule has 1 aromatic heterocycles. The SMILES string of the molecule is O=C(Cc1ccccc1)N(C[C@H]1CCCO1)c1nc2ccccc2s1. The normalized spacial score (nSPS) is 17.0. The van der Waals surface area contributed by atoms with E-state index in [0.717, 1.165) is 40.4 Å². The van der Waals surface area contributed by atoms with Crippen LogP contribution in [-0.2, 0) is 16.0 Å². The first-order valence-corrected chi connectivity index (χ1v) is 9.43. The minimum atomic E-state index is 0.0701. The highest BCUT2D eigenvalue weighted by molar-refractivity contribution is 7.22. The van der Waals surface area contributed by atoms with Gasteiger partial charge < -0.3 is 4.74 Å². The van der Waals surface area contributed by atoms with Gasteiger partial charge in [0.1, 0.15) is 0 Å². The zero-order valence-corrected chi connectivity index (χ0v) is 14.7. The number of carbonyl (C=O) groups is 1. The Bertz CT molecular complexity index is 823. The highest BCUT2D eigenvalue weighted by atomic mass is 32.1. The number of fused-ring (bicyclic) bond motifs is 1. The molecule has 0 radical (unpaired) electrons. The van der Waals surface area contributed by atoms with Gasteiger partial charge in [-0.25, -0.2) is 4.98 Å². The molecular formula is C20H20N2O2S. The molecule has 1 saturated heterocycles. The Balaban J connectivity index is 1.61. The summed E-state index contributed by atoms with van der Waals surface area (Å²) in [6.45, 7) is 1.36. The van der Waals surface area contributed by atoms with Crippen LogP contribution in [-0.4, -0.2) is 30.1 Å². The molecule has 0 bridgehead atoms. The van der Waals surface area contributed by atoms with Crippen LogP contribution in [0.25, 0.3) is 10.2 Å². The molecule has 1 aliphatic heterocycles. The smallest absolute Gasteiger partial charge is 0.233 e. The number of benzene rings is 2. The summed E-state index contributed by atoms with van der Waals surface area (Å²) >= 11 is 1.57. The van der Waals surface area contributed by atoms with Crippen molar-refractivity contribution >= 4 is 32.6 Å². The molecule has 25 heavy (non-hydrogen) atoms. The number of anilines is 1. The van der Waals surface area contributed by atoms with E-state index in [2.05, 4.69) is 4.98 Å². The highest BCUT2D eigenvalue weighted by Gasteiger charge is 2.26. The van der Waals surface area contributed by atoms with Crippen molar-refractivity contribution in [3.05, 3.63) is 60.2 Å². The highest BCUT2D eigenvalue weighted by Crippen LogP contribution is 2.30. The van der Waals surface area contributed by atoms with Crippen LogP contribution in [0, 0.1) is 0 Å². The Morgan fingerprint density at radius 2 is 1.96 bits per heavy atom. The molecule has 1 amide bonds. The van der Waals surface area contributed by atoms with Gasteiger partial charge in [0.2, 0.25) is 5.91 Å². The quantitative estimate of drug-likeness (QED) is 0.696. The summed E-state index contributed by atoms with van der Waals surface area (Å²) in [4.78, 5) is 19.5. The molecule has 5 heteroatoms. The first-order chi connectivity index (χ1) is 12.3. The van der Waals surface area contributed by atoms with Gasteiger partial charge in [-0.15, -0.1) is 0 Å². The molecule has 128 valence electrons. The second-order valence-electron chi connectivity index (χ2n) is 6.27. The largest absolute Gasteiger partial charge is 0.376 e. The molecule has 4 rings (SSSR count). The fraction of sp³-hybridized carbons (Fsp3) is 0.300. The monoisotopic (exact) mass is 352 g/mol. The molecule has 4 nitrogen and oxygen atoms in total. The number of para-hydroxylation sites is 1. The van der Waals surface area contributed by atoms with Gasteiger partial charge in [-0.05, 0) is 30.5 Å². The standard InChI is InChI=1S/C20H20N2O2S/c23-19(13-15-7-2-1-3-8-15)22(14-16-9-6-12-24-16)20-21-17-10-4-5-11-18(17)25-20/h1-5,7-8,10-11,16H,6,9,12-14H2/t16-/m1/s1. The molecule has 2 heterocycles. The van der Waals surface area contributed by atoms with E-state index in [1.54, 1.807) is 11.3 Å². The van der Waals surface area contributed by atoms with E-state index in [-0.39, 0.29) is 12.0 Å². The van der Waals surface area contributed by atoms with E-state index < -0.39 is 0 Å². The Morgan fingerprint density at radius 3 is 2.72 bits per heavy atom. The van der Waals surface area contributed by atoms with Crippen molar-refractivity contribution in [2.75, 3.05) is 18.1 Å². The number of ether oxygens (including phenoxy) is 1. The molecule has 1 aliphatic rings. The van der Waals surface area contributed by atoms with Gasteiger partial charge in [-0.1, -0.05) is 53.8 Å². The number of amides is 1. The minimum Gasteiger partial charge on any atom is -0.376 e. The Labute approximate surface area is 151 Å². The van der Waals surface area contributed by atoms with E-state index in [0.29, 0.717) is 13.0 Å². The molecule has 1 atom stereocenters. The summed E-state index contributed by atoms with van der Waals surface area (Å²) in [5, 5.41) is 0.762. The van der Waals surface area contributed by atoms with Crippen LogP contribution in [0.3, 0.4) is 0 Å². The summed E-state index contributed by atoms with van der Waals surface area (Å²) in [5.74, 6) is 0.0701. The van der Waals surface area contributed by atoms with Crippen molar-refractivity contribution in [1.82, 2.24) is 4.98 Å². The van der Waals surface area contributed by atoms with Gasteiger partial charge in [-0.2, -0.15) is 0 Å². The summed E-state index contributed by atoms with van der Waals surface area (Å²) in [6, 6.07) is 17.9. The fourth-order valence-corrected chi connectivity index (χ4v) is 4.11. The maximum atomic E-state index is 13.0. The van der Waals surface area contributed by atoms with E-state index in [1.165, 1.54) is 0 Å². The molecule has 2 aromatic carbocycles. The fourth-order valence-electron chi connectivity index (χ4n) is 3.12. The number of rotatable bonds is 5.